The van der Waals surface area contributed by atoms with E-state index in [0.717, 1.165) is 17.2 Å². The van der Waals surface area contributed by atoms with Crippen LogP contribution in [-0.4, -0.2) is 4.98 Å². The van der Waals surface area contributed by atoms with Gasteiger partial charge in [0.05, 0.1) is 10.7 Å². The summed E-state index contributed by atoms with van der Waals surface area (Å²) in [6.45, 7) is 7.19. The number of nitrogens with zero attached hydrogens (tertiary/aromatic N) is 1. The largest absolute Gasteiger partial charge is 0.305 e. The van der Waals surface area contributed by atoms with Crippen molar-refractivity contribution in [3.63, 3.8) is 0 Å². The summed E-state index contributed by atoms with van der Waals surface area (Å²) in [7, 11) is 0. The van der Waals surface area contributed by atoms with Gasteiger partial charge >= 0.3 is 0 Å². The normalized spacial score (nSPS) is 12.6. The summed E-state index contributed by atoms with van der Waals surface area (Å²) in [4.78, 5) is 4.49. The van der Waals surface area contributed by atoms with E-state index in [1.807, 2.05) is 6.92 Å². The zero-order valence-electron chi connectivity index (χ0n) is 10.5. The molecule has 0 fully saturated rings. The lowest BCUT2D eigenvalue weighted by atomic mass is 10.1. The van der Waals surface area contributed by atoms with Crippen molar-refractivity contribution in [3.05, 3.63) is 51.5 Å². The molecule has 2 rings (SSSR count). The van der Waals surface area contributed by atoms with Gasteiger partial charge in [0.1, 0.15) is 0 Å². The first-order valence-electron chi connectivity index (χ1n) is 5.86. The third-order valence-electron chi connectivity index (χ3n) is 2.81. The first-order chi connectivity index (χ1) is 8.15. The molecule has 2 aromatic rings. The number of hydrogen-bond donors (Lipinski definition) is 1. The van der Waals surface area contributed by atoms with E-state index >= 15 is 0 Å². The van der Waals surface area contributed by atoms with Crippen molar-refractivity contribution in [2.45, 2.75) is 33.4 Å². The molecule has 1 aromatic heterocycles. The summed E-state index contributed by atoms with van der Waals surface area (Å²) >= 11 is 1.71. The summed E-state index contributed by atoms with van der Waals surface area (Å²) < 4.78 is 0. The van der Waals surface area contributed by atoms with Gasteiger partial charge in [0.25, 0.3) is 0 Å². The van der Waals surface area contributed by atoms with E-state index in [1.54, 1.807) is 11.3 Å². The topological polar surface area (TPSA) is 24.9 Å². The molecule has 1 heterocycles. The van der Waals surface area contributed by atoms with Crippen molar-refractivity contribution < 1.29 is 0 Å². The first kappa shape index (κ1) is 12.3. The van der Waals surface area contributed by atoms with Gasteiger partial charge < -0.3 is 5.32 Å². The molecule has 1 atom stereocenters. The highest BCUT2D eigenvalue weighted by Crippen LogP contribution is 2.16. The fraction of sp³-hybridized carbons (Fsp3) is 0.357. The Labute approximate surface area is 107 Å². The van der Waals surface area contributed by atoms with Crippen LogP contribution in [0.1, 0.15) is 34.8 Å². The maximum atomic E-state index is 4.49. The second-order valence-electron chi connectivity index (χ2n) is 4.38. The monoisotopic (exact) mass is 246 g/mol. The number of rotatable bonds is 4. The van der Waals surface area contributed by atoms with Gasteiger partial charge in [-0.2, -0.15) is 0 Å². The highest BCUT2D eigenvalue weighted by molar-refractivity contribution is 7.09. The van der Waals surface area contributed by atoms with E-state index in [0.29, 0.717) is 6.04 Å². The van der Waals surface area contributed by atoms with Gasteiger partial charge in [0.2, 0.25) is 0 Å². The molecule has 3 heteroatoms. The molecule has 0 bridgehead atoms. The fourth-order valence-electron chi connectivity index (χ4n) is 1.66. The zero-order valence-corrected chi connectivity index (χ0v) is 11.3. The first-order valence-corrected chi connectivity index (χ1v) is 6.74. The zero-order chi connectivity index (χ0) is 12.3. The molecule has 0 saturated heterocycles. The SMILES string of the molecule is Cc1ccc(CNC(C)c2csc(C)n2)cc1. The smallest absolute Gasteiger partial charge is 0.0898 e. The summed E-state index contributed by atoms with van der Waals surface area (Å²) in [6, 6.07) is 8.94. The summed E-state index contributed by atoms with van der Waals surface area (Å²) in [6.07, 6.45) is 0. The Kier molecular flexibility index (Phi) is 3.92. The molecule has 0 saturated carbocycles. The molecule has 1 unspecified atom stereocenters. The molecule has 1 N–H and O–H groups in total. The van der Waals surface area contributed by atoms with Gasteiger partial charge in [-0.1, -0.05) is 29.8 Å². The Balaban J connectivity index is 1.92. The predicted molar refractivity (Wildman–Crippen MR) is 73.3 cm³/mol. The molecule has 0 aliphatic carbocycles. The van der Waals surface area contributed by atoms with Crippen LogP contribution >= 0.6 is 11.3 Å². The molecule has 90 valence electrons. The maximum Gasteiger partial charge on any atom is 0.0898 e. The Morgan fingerprint density at radius 1 is 1.24 bits per heavy atom. The van der Waals surface area contributed by atoms with Gasteiger partial charge in [-0.15, -0.1) is 11.3 Å². The Bertz CT molecular complexity index is 473. The summed E-state index contributed by atoms with van der Waals surface area (Å²) in [5.41, 5.74) is 3.76. The van der Waals surface area contributed by atoms with Gasteiger partial charge in [0.15, 0.2) is 0 Å². The average Bonchev–Trinajstić information content (AvgIpc) is 2.75. The van der Waals surface area contributed by atoms with E-state index in [1.165, 1.54) is 11.1 Å². The van der Waals surface area contributed by atoms with E-state index in [2.05, 4.69) is 53.8 Å². The van der Waals surface area contributed by atoms with Gasteiger partial charge in [-0.3, -0.25) is 0 Å². The molecular weight excluding hydrogens is 228 g/mol. The summed E-state index contributed by atoms with van der Waals surface area (Å²) in [5, 5.41) is 6.75. The predicted octanol–water partition coefficient (Wildman–Crippen LogP) is 3.61. The van der Waals surface area contributed by atoms with Crippen LogP contribution in [0.25, 0.3) is 0 Å². The van der Waals surface area contributed by atoms with Crippen molar-refractivity contribution in [2.24, 2.45) is 0 Å². The lowest BCUT2D eigenvalue weighted by Crippen LogP contribution is -2.18. The second kappa shape index (κ2) is 5.43. The van der Waals surface area contributed by atoms with Crippen LogP contribution < -0.4 is 5.32 Å². The molecule has 0 radical (unpaired) electrons. The van der Waals surface area contributed by atoms with Crippen molar-refractivity contribution in [2.75, 3.05) is 0 Å². The van der Waals surface area contributed by atoms with Gasteiger partial charge in [-0.05, 0) is 26.3 Å². The van der Waals surface area contributed by atoms with E-state index in [9.17, 15) is 0 Å². The third kappa shape index (κ3) is 3.38. The van der Waals surface area contributed by atoms with Crippen molar-refractivity contribution in [1.82, 2.24) is 10.3 Å². The number of aromatic nitrogens is 1. The minimum atomic E-state index is 0.307. The number of nitrogens with one attached hydrogen (secondary N) is 1. The minimum absolute atomic E-state index is 0.307. The fourth-order valence-corrected chi connectivity index (χ4v) is 2.37. The number of benzene rings is 1. The second-order valence-corrected chi connectivity index (χ2v) is 5.44. The van der Waals surface area contributed by atoms with E-state index in [4.69, 9.17) is 0 Å². The van der Waals surface area contributed by atoms with Crippen LogP contribution in [0.3, 0.4) is 0 Å². The van der Waals surface area contributed by atoms with E-state index in [-0.39, 0.29) is 0 Å². The van der Waals surface area contributed by atoms with Crippen LogP contribution in [0.4, 0.5) is 0 Å². The third-order valence-corrected chi connectivity index (χ3v) is 3.61. The molecule has 0 aliphatic rings. The van der Waals surface area contributed by atoms with Crippen LogP contribution in [0.15, 0.2) is 29.6 Å². The van der Waals surface area contributed by atoms with Crippen LogP contribution in [0.5, 0.6) is 0 Å². The molecule has 17 heavy (non-hydrogen) atoms. The summed E-state index contributed by atoms with van der Waals surface area (Å²) in [5.74, 6) is 0. The van der Waals surface area contributed by atoms with Crippen molar-refractivity contribution in [3.8, 4) is 0 Å². The molecular formula is C14H18N2S. The average molecular weight is 246 g/mol. The standard InChI is InChI=1S/C14H18N2S/c1-10-4-6-13(7-5-10)8-15-11(2)14-9-17-12(3)16-14/h4-7,9,11,15H,8H2,1-3H3. The van der Waals surface area contributed by atoms with Crippen LogP contribution in [0.2, 0.25) is 0 Å². The molecule has 2 nitrogen and oxygen atoms in total. The quantitative estimate of drug-likeness (QED) is 0.891. The van der Waals surface area contributed by atoms with Crippen molar-refractivity contribution >= 4 is 11.3 Å². The Hall–Kier alpha value is -1.19. The highest BCUT2D eigenvalue weighted by atomic mass is 32.1. The number of hydrogen-bond acceptors (Lipinski definition) is 3. The van der Waals surface area contributed by atoms with Crippen molar-refractivity contribution in [1.29, 1.82) is 0 Å². The Morgan fingerprint density at radius 3 is 2.53 bits per heavy atom. The number of thiazole rings is 1. The molecule has 0 amide bonds. The minimum Gasteiger partial charge on any atom is -0.305 e. The lowest BCUT2D eigenvalue weighted by Gasteiger charge is -2.11. The molecule has 0 aliphatic heterocycles. The Morgan fingerprint density at radius 2 is 1.94 bits per heavy atom. The molecule has 0 spiro atoms. The van der Waals surface area contributed by atoms with E-state index < -0.39 is 0 Å². The van der Waals surface area contributed by atoms with Gasteiger partial charge in [-0.25, -0.2) is 4.98 Å². The highest BCUT2D eigenvalue weighted by Gasteiger charge is 2.07. The van der Waals surface area contributed by atoms with Crippen LogP contribution in [-0.2, 0) is 6.54 Å². The number of aryl methyl sites for hydroxylation is 2. The van der Waals surface area contributed by atoms with Gasteiger partial charge in [0, 0.05) is 18.0 Å². The van der Waals surface area contributed by atoms with Crippen LogP contribution in [0, 0.1) is 13.8 Å². The molecule has 1 aromatic carbocycles. The maximum absolute atomic E-state index is 4.49. The lowest BCUT2D eigenvalue weighted by molar-refractivity contribution is 0.563.